The predicted octanol–water partition coefficient (Wildman–Crippen LogP) is 1.05. The molecule has 1 N–H and O–H groups in total. The molecule has 0 aromatic carbocycles. The summed E-state index contributed by atoms with van der Waals surface area (Å²) in [6.07, 6.45) is 0.485. The maximum absolute atomic E-state index is 12.1. The first-order valence-electron chi connectivity index (χ1n) is 4.37. The summed E-state index contributed by atoms with van der Waals surface area (Å²) in [5, 5.41) is 8.66. The molecule has 0 aliphatic rings. The molecule has 0 aromatic heterocycles. The molecule has 15 heavy (non-hydrogen) atoms. The van der Waals surface area contributed by atoms with E-state index in [1.165, 1.54) is 13.0 Å². The van der Waals surface area contributed by atoms with Crippen LogP contribution in [-0.2, 0) is 9.53 Å². The fourth-order valence-electron chi connectivity index (χ4n) is 0.881. The van der Waals surface area contributed by atoms with Crippen molar-refractivity contribution < 1.29 is 23.8 Å². The lowest BCUT2D eigenvalue weighted by molar-refractivity contribution is -0.142. The van der Waals surface area contributed by atoms with Gasteiger partial charge in [-0.3, -0.25) is 4.90 Å². The van der Waals surface area contributed by atoms with Gasteiger partial charge in [0.1, 0.15) is 19.3 Å². The van der Waals surface area contributed by atoms with Gasteiger partial charge in [0.25, 0.3) is 0 Å². The van der Waals surface area contributed by atoms with Crippen molar-refractivity contribution >= 4 is 12.1 Å². The van der Waals surface area contributed by atoms with Gasteiger partial charge in [-0.05, 0) is 6.92 Å². The molecule has 0 aliphatic heterocycles. The summed E-state index contributed by atoms with van der Waals surface area (Å²) in [7, 11) is 0. The van der Waals surface area contributed by atoms with E-state index < -0.39 is 24.8 Å². The van der Waals surface area contributed by atoms with E-state index in [-0.39, 0.29) is 13.2 Å². The summed E-state index contributed by atoms with van der Waals surface area (Å²) in [6.45, 7) is 3.46. The number of carboxylic acids is 1. The van der Waals surface area contributed by atoms with Gasteiger partial charge in [-0.15, -0.1) is 0 Å². The normalized spacial score (nSPS) is 11.6. The van der Waals surface area contributed by atoms with Gasteiger partial charge in [-0.1, -0.05) is 12.7 Å². The number of nitrogens with zero attached hydrogens (tertiary/aromatic N) is 1. The van der Waals surface area contributed by atoms with Crippen molar-refractivity contribution in [3.8, 4) is 0 Å². The fourth-order valence-corrected chi connectivity index (χ4v) is 0.881. The number of rotatable bonds is 6. The maximum atomic E-state index is 12.1. The first-order valence-corrected chi connectivity index (χ1v) is 4.37. The summed E-state index contributed by atoms with van der Waals surface area (Å²) in [5.74, 6) is -1.21. The number of ether oxygens (including phenoxy) is 1. The molecule has 0 fully saturated rings. The van der Waals surface area contributed by atoms with Gasteiger partial charge in [0.2, 0.25) is 0 Å². The molecular formula is C9H14FNO4. The lowest BCUT2D eigenvalue weighted by Gasteiger charge is -2.24. The molecule has 0 radical (unpaired) electrons. The van der Waals surface area contributed by atoms with E-state index in [1.54, 1.807) is 0 Å². The fraction of sp³-hybridized carbons (Fsp3) is 0.556. The van der Waals surface area contributed by atoms with Gasteiger partial charge >= 0.3 is 12.1 Å². The summed E-state index contributed by atoms with van der Waals surface area (Å²) in [5.41, 5.74) is 0. The maximum Gasteiger partial charge on any atom is 0.410 e. The second-order valence-electron chi connectivity index (χ2n) is 2.76. The van der Waals surface area contributed by atoms with Crippen molar-refractivity contribution in [1.29, 1.82) is 0 Å². The number of aliphatic carboxylic acids is 1. The molecule has 0 spiro atoms. The molecule has 0 bridgehead atoms. The second-order valence-corrected chi connectivity index (χ2v) is 2.76. The zero-order valence-corrected chi connectivity index (χ0v) is 8.48. The Hall–Kier alpha value is -1.59. The molecule has 0 aromatic rings. The minimum atomic E-state index is -1.21. The van der Waals surface area contributed by atoms with Crippen molar-refractivity contribution in [3.05, 3.63) is 12.7 Å². The third kappa shape index (κ3) is 4.44. The van der Waals surface area contributed by atoms with E-state index in [0.29, 0.717) is 0 Å². The summed E-state index contributed by atoms with van der Waals surface area (Å²) in [4.78, 5) is 22.7. The zero-order chi connectivity index (χ0) is 11.8. The molecule has 1 unspecified atom stereocenters. The van der Waals surface area contributed by atoms with Crippen molar-refractivity contribution in [2.24, 2.45) is 0 Å². The average Bonchev–Trinajstić information content (AvgIpc) is 2.21. The van der Waals surface area contributed by atoms with E-state index in [4.69, 9.17) is 5.11 Å². The van der Waals surface area contributed by atoms with Crippen molar-refractivity contribution in [2.75, 3.05) is 19.8 Å². The van der Waals surface area contributed by atoms with E-state index >= 15 is 0 Å². The van der Waals surface area contributed by atoms with Gasteiger partial charge < -0.3 is 9.84 Å². The minimum absolute atomic E-state index is 0.0338. The Kier molecular flexibility index (Phi) is 6.08. The Labute approximate surface area is 87.1 Å². The highest BCUT2D eigenvalue weighted by Crippen LogP contribution is 2.03. The highest BCUT2D eigenvalue weighted by atomic mass is 19.1. The van der Waals surface area contributed by atoms with E-state index in [0.717, 1.165) is 4.90 Å². The summed E-state index contributed by atoms with van der Waals surface area (Å²) < 4.78 is 16.7. The van der Waals surface area contributed by atoms with Gasteiger partial charge in [0.15, 0.2) is 0 Å². The monoisotopic (exact) mass is 219 g/mol. The molecule has 0 saturated heterocycles. The standard InChI is InChI=1S/C9H14FNO4/c1-3-6-15-9(14)11(5-4-10)7(2)8(12)13/h3,7H,1,4-6H2,2H3,(H,12,13). The Balaban J connectivity index is 4.42. The molecule has 5 nitrogen and oxygen atoms in total. The molecule has 6 heteroatoms. The number of carbonyl (C=O) groups is 2. The molecule has 1 amide bonds. The van der Waals surface area contributed by atoms with Crippen LogP contribution in [0.5, 0.6) is 0 Å². The number of amides is 1. The van der Waals surface area contributed by atoms with Crippen LogP contribution in [0.15, 0.2) is 12.7 Å². The van der Waals surface area contributed by atoms with E-state index in [1.807, 2.05) is 0 Å². The lowest BCUT2D eigenvalue weighted by Crippen LogP contribution is -2.44. The molecule has 1 atom stereocenters. The van der Waals surface area contributed by atoms with Crippen LogP contribution in [0.2, 0.25) is 0 Å². The van der Waals surface area contributed by atoms with Crippen LogP contribution in [0.1, 0.15) is 6.92 Å². The minimum Gasteiger partial charge on any atom is -0.480 e. The molecule has 0 heterocycles. The Bertz CT molecular complexity index is 244. The number of carbonyl (C=O) groups excluding carboxylic acids is 1. The van der Waals surface area contributed by atoms with E-state index in [2.05, 4.69) is 11.3 Å². The van der Waals surface area contributed by atoms with Gasteiger partial charge in [0, 0.05) is 0 Å². The van der Waals surface area contributed by atoms with Crippen LogP contribution >= 0.6 is 0 Å². The number of hydrogen-bond donors (Lipinski definition) is 1. The quantitative estimate of drug-likeness (QED) is 0.678. The van der Waals surface area contributed by atoms with Crippen molar-refractivity contribution in [3.63, 3.8) is 0 Å². The van der Waals surface area contributed by atoms with Crippen LogP contribution in [-0.4, -0.2) is 47.9 Å². The Morgan fingerprint density at radius 1 is 1.67 bits per heavy atom. The topological polar surface area (TPSA) is 66.8 Å². The van der Waals surface area contributed by atoms with Gasteiger partial charge in [-0.2, -0.15) is 0 Å². The van der Waals surface area contributed by atoms with Crippen LogP contribution in [0.3, 0.4) is 0 Å². The molecule has 86 valence electrons. The number of halogens is 1. The van der Waals surface area contributed by atoms with Crippen LogP contribution < -0.4 is 0 Å². The van der Waals surface area contributed by atoms with Crippen LogP contribution in [0, 0.1) is 0 Å². The summed E-state index contributed by atoms with van der Waals surface area (Å²) in [6, 6.07) is -1.11. The zero-order valence-electron chi connectivity index (χ0n) is 8.48. The molecule has 0 saturated carbocycles. The predicted molar refractivity (Wildman–Crippen MR) is 51.3 cm³/mol. The lowest BCUT2D eigenvalue weighted by atomic mass is 10.3. The number of carboxylic acid groups (broad SMARTS) is 1. The van der Waals surface area contributed by atoms with Crippen molar-refractivity contribution in [1.82, 2.24) is 4.90 Å². The van der Waals surface area contributed by atoms with Crippen LogP contribution in [0.25, 0.3) is 0 Å². The average molecular weight is 219 g/mol. The highest BCUT2D eigenvalue weighted by molar-refractivity contribution is 5.79. The third-order valence-corrected chi connectivity index (χ3v) is 1.71. The summed E-state index contributed by atoms with van der Waals surface area (Å²) >= 11 is 0. The van der Waals surface area contributed by atoms with Crippen molar-refractivity contribution in [2.45, 2.75) is 13.0 Å². The largest absolute Gasteiger partial charge is 0.480 e. The highest BCUT2D eigenvalue weighted by Gasteiger charge is 2.26. The first-order chi connectivity index (χ1) is 7.04. The number of hydrogen-bond acceptors (Lipinski definition) is 3. The van der Waals surface area contributed by atoms with Gasteiger partial charge in [0.05, 0.1) is 6.54 Å². The van der Waals surface area contributed by atoms with Gasteiger partial charge in [-0.25, -0.2) is 14.0 Å². The SMILES string of the molecule is C=CCOC(=O)N(CCF)C(C)C(=O)O. The van der Waals surface area contributed by atoms with E-state index in [9.17, 15) is 14.0 Å². The van der Waals surface area contributed by atoms with Crippen LogP contribution in [0.4, 0.5) is 9.18 Å². The molecule has 0 rings (SSSR count). The Morgan fingerprint density at radius 2 is 2.27 bits per heavy atom. The first kappa shape index (κ1) is 13.4. The third-order valence-electron chi connectivity index (χ3n) is 1.71. The Morgan fingerprint density at radius 3 is 2.67 bits per heavy atom. The molecular weight excluding hydrogens is 205 g/mol. The smallest absolute Gasteiger partial charge is 0.410 e. The molecule has 0 aliphatic carbocycles. The number of alkyl halides is 1. The second kappa shape index (κ2) is 6.80.